The predicted molar refractivity (Wildman–Crippen MR) is 102 cm³/mol. The van der Waals surface area contributed by atoms with Crippen molar-refractivity contribution < 1.29 is 14.3 Å². The molecule has 5 nitrogen and oxygen atoms in total. The number of carbonyl (C=O) groups is 1. The van der Waals surface area contributed by atoms with Crippen LogP contribution in [0.5, 0.6) is 11.5 Å². The van der Waals surface area contributed by atoms with Crippen molar-refractivity contribution in [2.75, 3.05) is 25.1 Å². The first-order valence-corrected chi connectivity index (χ1v) is 9.24. The van der Waals surface area contributed by atoms with Crippen LogP contribution < -0.4 is 20.1 Å². The van der Waals surface area contributed by atoms with Crippen LogP contribution >= 0.6 is 11.6 Å². The Bertz CT molecular complexity index is 834. The maximum atomic E-state index is 12.1. The maximum Gasteiger partial charge on any atom is 0.319 e. The second-order valence-corrected chi connectivity index (χ2v) is 7.02. The zero-order chi connectivity index (χ0) is 18.1. The van der Waals surface area contributed by atoms with E-state index in [1.807, 2.05) is 19.1 Å². The van der Waals surface area contributed by atoms with Crippen molar-refractivity contribution in [1.82, 2.24) is 5.32 Å². The van der Waals surface area contributed by atoms with E-state index in [1.54, 1.807) is 6.07 Å². The van der Waals surface area contributed by atoms with Gasteiger partial charge in [-0.1, -0.05) is 17.7 Å². The van der Waals surface area contributed by atoms with Gasteiger partial charge in [-0.05, 0) is 37.1 Å². The van der Waals surface area contributed by atoms with Gasteiger partial charge in [-0.2, -0.15) is 0 Å². The van der Waals surface area contributed by atoms with Gasteiger partial charge in [0.05, 0.1) is 13.2 Å². The van der Waals surface area contributed by atoms with Crippen LogP contribution in [0.25, 0.3) is 0 Å². The summed E-state index contributed by atoms with van der Waals surface area (Å²) >= 11 is 6.09. The maximum absolute atomic E-state index is 12.1. The minimum atomic E-state index is -0.244. The van der Waals surface area contributed by atoms with Crippen molar-refractivity contribution in [2.45, 2.75) is 26.2 Å². The van der Waals surface area contributed by atoms with Crippen molar-refractivity contribution in [3.05, 3.63) is 51.5 Å². The fourth-order valence-electron chi connectivity index (χ4n) is 3.50. The molecule has 0 aromatic heterocycles. The molecular weight excluding hydrogens is 352 g/mol. The van der Waals surface area contributed by atoms with Gasteiger partial charge < -0.3 is 20.1 Å². The Kier molecular flexibility index (Phi) is 4.64. The predicted octanol–water partition coefficient (Wildman–Crippen LogP) is 3.88. The van der Waals surface area contributed by atoms with Crippen LogP contribution in [0.4, 0.5) is 10.5 Å². The number of anilines is 1. The van der Waals surface area contributed by atoms with Crippen LogP contribution in [-0.4, -0.2) is 25.8 Å². The molecule has 0 saturated carbocycles. The van der Waals surface area contributed by atoms with Crippen LogP contribution in [0, 0.1) is 6.92 Å². The minimum Gasteiger partial charge on any atom is -0.493 e. The number of ether oxygens (including phenoxy) is 2. The first kappa shape index (κ1) is 17.0. The van der Waals surface area contributed by atoms with E-state index in [9.17, 15) is 4.79 Å². The van der Waals surface area contributed by atoms with Crippen molar-refractivity contribution >= 4 is 23.3 Å². The Morgan fingerprint density at radius 1 is 1.19 bits per heavy atom. The highest BCUT2D eigenvalue weighted by molar-refractivity contribution is 6.31. The molecule has 2 N–H and O–H groups in total. The molecule has 0 atom stereocenters. The third kappa shape index (κ3) is 3.31. The van der Waals surface area contributed by atoms with Gasteiger partial charge >= 0.3 is 6.03 Å². The van der Waals surface area contributed by atoms with E-state index in [-0.39, 0.29) is 6.03 Å². The highest BCUT2D eigenvalue weighted by Gasteiger charge is 2.26. The Labute approximate surface area is 157 Å². The van der Waals surface area contributed by atoms with Crippen LogP contribution in [-0.2, 0) is 19.3 Å². The average Bonchev–Trinajstić information content (AvgIpc) is 3.26. The van der Waals surface area contributed by atoms with Crippen molar-refractivity contribution in [3.8, 4) is 11.5 Å². The minimum absolute atomic E-state index is 0.244. The normalized spacial score (nSPS) is 14.2. The van der Waals surface area contributed by atoms with E-state index in [1.165, 1.54) is 16.7 Å². The van der Waals surface area contributed by atoms with Gasteiger partial charge in [-0.15, -0.1) is 0 Å². The first-order valence-electron chi connectivity index (χ1n) is 8.86. The molecule has 0 unspecified atom stereocenters. The third-order valence-electron chi connectivity index (χ3n) is 4.85. The number of hydrogen-bond donors (Lipinski definition) is 2. The smallest absolute Gasteiger partial charge is 0.319 e. The van der Waals surface area contributed by atoms with Gasteiger partial charge in [0.25, 0.3) is 0 Å². The van der Waals surface area contributed by atoms with Gasteiger partial charge in [-0.25, -0.2) is 4.79 Å². The molecule has 2 amide bonds. The first-order chi connectivity index (χ1) is 12.6. The van der Waals surface area contributed by atoms with E-state index in [2.05, 4.69) is 16.7 Å². The second kappa shape index (κ2) is 7.08. The van der Waals surface area contributed by atoms with Gasteiger partial charge in [0, 0.05) is 46.8 Å². The number of benzene rings is 2. The quantitative estimate of drug-likeness (QED) is 0.856. The molecular formula is C20H21ClN2O3. The van der Waals surface area contributed by atoms with E-state index in [4.69, 9.17) is 21.1 Å². The SMILES string of the molecule is Cc1ccc(NC(=O)NCCc2c3c(cc4c2OCC4)OCC3)cc1Cl. The molecule has 0 bridgehead atoms. The molecule has 136 valence electrons. The summed E-state index contributed by atoms with van der Waals surface area (Å²) < 4.78 is 11.6. The summed E-state index contributed by atoms with van der Waals surface area (Å²) in [6.07, 6.45) is 2.54. The number of hydrogen-bond acceptors (Lipinski definition) is 3. The lowest BCUT2D eigenvalue weighted by molar-refractivity contribution is 0.252. The zero-order valence-electron chi connectivity index (χ0n) is 14.7. The Balaban J connectivity index is 1.39. The number of fused-ring (bicyclic) bond motifs is 2. The fraction of sp³-hybridized carbons (Fsp3) is 0.350. The second-order valence-electron chi connectivity index (χ2n) is 6.61. The van der Waals surface area contributed by atoms with Gasteiger partial charge in [0.1, 0.15) is 11.5 Å². The standard InChI is InChI=1S/C20H21ClN2O3/c1-12-2-3-14(11-17(12)21)23-20(24)22-7-4-16-15-6-9-25-18(15)10-13-5-8-26-19(13)16/h2-3,10-11H,4-9H2,1H3,(H2,22,23,24). The molecule has 0 radical (unpaired) electrons. The Morgan fingerprint density at radius 2 is 2.04 bits per heavy atom. The van der Waals surface area contributed by atoms with Crippen molar-refractivity contribution in [2.24, 2.45) is 0 Å². The summed E-state index contributed by atoms with van der Waals surface area (Å²) in [6, 6.07) is 7.33. The van der Waals surface area contributed by atoms with Crippen LogP contribution in [0.1, 0.15) is 22.3 Å². The molecule has 2 aromatic carbocycles. The number of urea groups is 1. The molecule has 2 aromatic rings. The Hall–Kier alpha value is -2.40. The lowest BCUT2D eigenvalue weighted by Gasteiger charge is -2.14. The molecule has 2 heterocycles. The average molecular weight is 373 g/mol. The van der Waals surface area contributed by atoms with Gasteiger partial charge in [0.2, 0.25) is 0 Å². The van der Waals surface area contributed by atoms with Gasteiger partial charge in [0.15, 0.2) is 0 Å². The van der Waals surface area contributed by atoms with E-state index in [0.29, 0.717) is 30.5 Å². The fourth-order valence-corrected chi connectivity index (χ4v) is 3.68. The molecule has 26 heavy (non-hydrogen) atoms. The number of amides is 2. The highest BCUT2D eigenvalue weighted by Crippen LogP contribution is 2.40. The van der Waals surface area contributed by atoms with E-state index >= 15 is 0 Å². The highest BCUT2D eigenvalue weighted by atomic mass is 35.5. The van der Waals surface area contributed by atoms with E-state index in [0.717, 1.165) is 36.3 Å². The topological polar surface area (TPSA) is 59.6 Å². The van der Waals surface area contributed by atoms with Crippen LogP contribution in [0.2, 0.25) is 5.02 Å². The molecule has 2 aliphatic rings. The van der Waals surface area contributed by atoms with Gasteiger partial charge in [-0.3, -0.25) is 0 Å². The summed E-state index contributed by atoms with van der Waals surface area (Å²) in [5, 5.41) is 6.35. The number of aryl methyl sites for hydroxylation is 1. The third-order valence-corrected chi connectivity index (χ3v) is 5.26. The number of halogens is 1. The summed E-state index contributed by atoms with van der Waals surface area (Å²) in [5.74, 6) is 1.96. The number of carbonyl (C=O) groups excluding carboxylic acids is 1. The largest absolute Gasteiger partial charge is 0.493 e. The molecule has 0 spiro atoms. The molecule has 2 aliphatic heterocycles. The Morgan fingerprint density at radius 3 is 2.88 bits per heavy atom. The number of rotatable bonds is 4. The zero-order valence-corrected chi connectivity index (χ0v) is 15.4. The summed E-state index contributed by atoms with van der Waals surface area (Å²) in [4.78, 5) is 12.1. The lowest BCUT2D eigenvalue weighted by Crippen LogP contribution is -2.30. The summed E-state index contributed by atoms with van der Waals surface area (Å²) in [7, 11) is 0. The monoisotopic (exact) mass is 372 g/mol. The van der Waals surface area contributed by atoms with Crippen molar-refractivity contribution in [3.63, 3.8) is 0 Å². The number of nitrogens with one attached hydrogen (secondary N) is 2. The van der Waals surface area contributed by atoms with Crippen LogP contribution in [0.3, 0.4) is 0 Å². The van der Waals surface area contributed by atoms with Crippen LogP contribution in [0.15, 0.2) is 24.3 Å². The lowest BCUT2D eigenvalue weighted by atomic mass is 9.97. The molecule has 0 saturated heterocycles. The summed E-state index contributed by atoms with van der Waals surface area (Å²) in [5.41, 5.74) is 5.26. The summed E-state index contributed by atoms with van der Waals surface area (Å²) in [6.45, 7) is 3.88. The molecule has 0 aliphatic carbocycles. The van der Waals surface area contributed by atoms with Crippen molar-refractivity contribution in [1.29, 1.82) is 0 Å². The van der Waals surface area contributed by atoms with E-state index < -0.39 is 0 Å². The molecule has 4 rings (SSSR count). The molecule has 0 fully saturated rings. The molecule has 6 heteroatoms.